The molecule has 5 heteroatoms. The van der Waals surface area contributed by atoms with Gasteiger partial charge in [0.15, 0.2) is 0 Å². The summed E-state index contributed by atoms with van der Waals surface area (Å²) in [4.78, 5) is 24.4. The number of carbonyl (C=O) groups excluding carboxylic acids is 1. The van der Waals surface area contributed by atoms with Gasteiger partial charge in [-0.2, -0.15) is 0 Å². The van der Waals surface area contributed by atoms with Gasteiger partial charge in [-0.3, -0.25) is 9.59 Å². The largest absolute Gasteiger partial charge is 0.481 e. The average Bonchev–Trinajstić information content (AvgIpc) is 2.58. The Hall–Kier alpha value is -1.62. The molecule has 0 spiro atoms. The monoisotopic (exact) mass is 267 g/mol. The number of hydrogen-bond acceptors (Lipinski definition) is 3. The summed E-state index contributed by atoms with van der Waals surface area (Å²) in [6.07, 6.45) is 3.05. The van der Waals surface area contributed by atoms with Gasteiger partial charge in [-0.25, -0.2) is 0 Å². The Morgan fingerprint density at radius 2 is 2.11 bits per heavy atom. The number of aryl methyl sites for hydroxylation is 1. The fourth-order valence-electron chi connectivity index (χ4n) is 1.50. The highest BCUT2D eigenvalue weighted by Gasteiger charge is 2.22. The van der Waals surface area contributed by atoms with Crippen LogP contribution in [0.15, 0.2) is 18.2 Å². The number of carbonyl (C=O) groups is 2. The molecule has 0 saturated heterocycles. The van der Waals surface area contributed by atoms with Crippen molar-refractivity contribution in [3.63, 3.8) is 0 Å². The van der Waals surface area contributed by atoms with E-state index in [9.17, 15) is 9.59 Å². The van der Waals surface area contributed by atoms with Crippen molar-refractivity contribution in [1.82, 2.24) is 5.32 Å². The molecular weight excluding hydrogens is 250 g/mol. The maximum atomic E-state index is 11.6. The summed E-state index contributed by atoms with van der Waals surface area (Å²) < 4.78 is 0. The van der Waals surface area contributed by atoms with Crippen LogP contribution in [0.25, 0.3) is 6.08 Å². The van der Waals surface area contributed by atoms with Crippen LogP contribution in [0.5, 0.6) is 0 Å². The number of aliphatic carboxylic acids is 1. The van der Waals surface area contributed by atoms with E-state index in [1.165, 1.54) is 11.0 Å². The minimum atomic E-state index is -0.932. The maximum absolute atomic E-state index is 11.6. The quantitative estimate of drug-likeness (QED) is 0.805. The van der Waals surface area contributed by atoms with Crippen LogP contribution >= 0.6 is 11.3 Å². The van der Waals surface area contributed by atoms with E-state index < -0.39 is 11.5 Å². The molecule has 1 aromatic rings. The van der Waals surface area contributed by atoms with Crippen molar-refractivity contribution in [3.05, 3.63) is 28.0 Å². The van der Waals surface area contributed by atoms with Crippen LogP contribution in [0.1, 0.15) is 30.0 Å². The van der Waals surface area contributed by atoms with Gasteiger partial charge in [0.05, 0.1) is 6.42 Å². The molecule has 0 radical (unpaired) electrons. The van der Waals surface area contributed by atoms with Crippen molar-refractivity contribution in [3.8, 4) is 0 Å². The van der Waals surface area contributed by atoms with Crippen LogP contribution in [0.2, 0.25) is 0 Å². The number of amides is 1. The van der Waals surface area contributed by atoms with Gasteiger partial charge in [-0.05, 0) is 39.0 Å². The molecule has 0 saturated carbocycles. The highest BCUT2D eigenvalue weighted by Crippen LogP contribution is 2.16. The minimum Gasteiger partial charge on any atom is -0.481 e. The first-order valence-electron chi connectivity index (χ1n) is 5.57. The standard InChI is InChI=1S/C13H17NO3S/c1-9-4-5-10(18-9)6-7-11(15)14-13(2,3)8-12(16)17/h4-7H,8H2,1-3H3,(H,14,15)(H,16,17). The minimum absolute atomic E-state index is 0.106. The van der Waals surface area contributed by atoms with Crippen molar-refractivity contribution < 1.29 is 14.7 Å². The van der Waals surface area contributed by atoms with E-state index in [4.69, 9.17) is 5.11 Å². The van der Waals surface area contributed by atoms with Crippen LogP contribution in [-0.4, -0.2) is 22.5 Å². The molecule has 0 aromatic carbocycles. The van der Waals surface area contributed by atoms with Gasteiger partial charge in [0, 0.05) is 21.4 Å². The molecule has 98 valence electrons. The van der Waals surface area contributed by atoms with Gasteiger partial charge >= 0.3 is 5.97 Å². The Bertz CT molecular complexity index is 474. The molecule has 1 rings (SSSR count). The summed E-state index contributed by atoms with van der Waals surface area (Å²) in [7, 11) is 0. The SMILES string of the molecule is Cc1ccc(C=CC(=O)NC(C)(C)CC(=O)O)s1. The molecule has 0 aliphatic heterocycles. The lowest BCUT2D eigenvalue weighted by Gasteiger charge is -2.23. The van der Waals surface area contributed by atoms with Gasteiger partial charge in [0.25, 0.3) is 0 Å². The average molecular weight is 267 g/mol. The molecule has 0 bridgehead atoms. The molecule has 0 aliphatic carbocycles. The van der Waals surface area contributed by atoms with Crippen LogP contribution in [0.3, 0.4) is 0 Å². The van der Waals surface area contributed by atoms with Crippen LogP contribution in [0, 0.1) is 6.92 Å². The van der Waals surface area contributed by atoms with Crippen molar-refractivity contribution in [2.75, 3.05) is 0 Å². The van der Waals surface area contributed by atoms with Crippen molar-refractivity contribution >= 4 is 29.3 Å². The Kier molecular flexibility index (Phi) is 4.67. The van der Waals surface area contributed by atoms with E-state index in [-0.39, 0.29) is 12.3 Å². The second-order valence-electron chi connectivity index (χ2n) is 4.73. The number of carboxylic acid groups (broad SMARTS) is 1. The Balaban J connectivity index is 2.56. The zero-order chi connectivity index (χ0) is 13.8. The second kappa shape index (κ2) is 5.82. The molecule has 1 aromatic heterocycles. The Morgan fingerprint density at radius 1 is 1.44 bits per heavy atom. The number of thiophene rings is 1. The lowest BCUT2D eigenvalue weighted by molar-refractivity contribution is -0.138. The normalized spacial score (nSPS) is 11.7. The van der Waals surface area contributed by atoms with E-state index in [0.717, 1.165) is 4.88 Å². The van der Waals surface area contributed by atoms with Crippen molar-refractivity contribution in [1.29, 1.82) is 0 Å². The molecule has 0 unspecified atom stereocenters. The summed E-state index contributed by atoms with van der Waals surface area (Å²) in [5, 5.41) is 11.4. The molecule has 0 fully saturated rings. The zero-order valence-corrected chi connectivity index (χ0v) is 11.5. The van der Waals surface area contributed by atoms with Gasteiger partial charge in [0.2, 0.25) is 5.91 Å². The van der Waals surface area contributed by atoms with Crippen LogP contribution in [-0.2, 0) is 9.59 Å². The fraction of sp³-hybridized carbons (Fsp3) is 0.385. The molecule has 1 heterocycles. The van der Waals surface area contributed by atoms with Gasteiger partial charge in [-0.1, -0.05) is 0 Å². The maximum Gasteiger partial charge on any atom is 0.305 e. The Morgan fingerprint density at radius 3 is 2.61 bits per heavy atom. The van der Waals surface area contributed by atoms with E-state index >= 15 is 0 Å². The van der Waals surface area contributed by atoms with Gasteiger partial charge in [0.1, 0.15) is 0 Å². The molecule has 0 atom stereocenters. The fourth-order valence-corrected chi connectivity index (χ4v) is 2.28. The van der Waals surface area contributed by atoms with E-state index in [0.29, 0.717) is 0 Å². The molecule has 2 N–H and O–H groups in total. The van der Waals surface area contributed by atoms with Crippen LogP contribution in [0.4, 0.5) is 0 Å². The number of carboxylic acids is 1. The highest BCUT2D eigenvalue weighted by molar-refractivity contribution is 7.12. The third kappa shape index (κ3) is 5.14. The molecule has 18 heavy (non-hydrogen) atoms. The predicted molar refractivity (Wildman–Crippen MR) is 72.6 cm³/mol. The summed E-state index contributed by atoms with van der Waals surface area (Å²) in [5.74, 6) is -1.22. The second-order valence-corrected chi connectivity index (χ2v) is 6.04. The number of hydrogen-bond donors (Lipinski definition) is 2. The molecule has 0 aliphatic rings. The molecule has 1 amide bonds. The third-order valence-electron chi connectivity index (χ3n) is 2.21. The predicted octanol–water partition coefficient (Wildman–Crippen LogP) is 2.44. The lowest BCUT2D eigenvalue weighted by Crippen LogP contribution is -2.44. The number of nitrogens with one attached hydrogen (secondary N) is 1. The van der Waals surface area contributed by atoms with Gasteiger partial charge < -0.3 is 10.4 Å². The summed E-state index contributed by atoms with van der Waals surface area (Å²) in [6, 6.07) is 3.92. The summed E-state index contributed by atoms with van der Waals surface area (Å²) in [5.41, 5.74) is -0.751. The van der Waals surface area contributed by atoms with Crippen molar-refractivity contribution in [2.45, 2.75) is 32.7 Å². The lowest BCUT2D eigenvalue weighted by atomic mass is 10.0. The molecule has 4 nitrogen and oxygen atoms in total. The smallest absolute Gasteiger partial charge is 0.305 e. The Labute approximate surface area is 110 Å². The number of rotatable bonds is 5. The first kappa shape index (κ1) is 14.4. The van der Waals surface area contributed by atoms with E-state index in [2.05, 4.69) is 5.32 Å². The topological polar surface area (TPSA) is 66.4 Å². The van der Waals surface area contributed by atoms with Crippen LogP contribution < -0.4 is 5.32 Å². The highest BCUT2D eigenvalue weighted by atomic mass is 32.1. The van der Waals surface area contributed by atoms with Crippen molar-refractivity contribution in [2.24, 2.45) is 0 Å². The zero-order valence-electron chi connectivity index (χ0n) is 10.7. The first-order valence-corrected chi connectivity index (χ1v) is 6.39. The first-order chi connectivity index (χ1) is 8.28. The van der Waals surface area contributed by atoms with Gasteiger partial charge in [-0.15, -0.1) is 11.3 Å². The van der Waals surface area contributed by atoms with E-state index in [1.807, 2.05) is 19.1 Å². The summed E-state index contributed by atoms with van der Waals surface area (Å²) >= 11 is 1.60. The molecular formula is C13H17NO3S. The summed E-state index contributed by atoms with van der Waals surface area (Å²) in [6.45, 7) is 5.36. The third-order valence-corrected chi connectivity index (χ3v) is 3.18. The van der Waals surface area contributed by atoms with E-state index in [1.54, 1.807) is 31.3 Å².